The van der Waals surface area contributed by atoms with Crippen molar-refractivity contribution in [3.63, 3.8) is 0 Å². The number of hydrogen-bond donors (Lipinski definition) is 1. The Morgan fingerprint density at radius 2 is 1.15 bits per heavy atom. The summed E-state index contributed by atoms with van der Waals surface area (Å²) >= 11 is 0. The number of carbonyl (C=O) groups excluding carboxylic acids is 1. The van der Waals surface area contributed by atoms with Gasteiger partial charge in [-0.1, -0.05) is 103 Å². The Balaban J connectivity index is 3.36. The van der Waals surface area contributed by atoms with E-state index >= 15 is 0 Å². The van der Waals surface area contributed by atoms with Gasteiger partial charge in [0, 0.05) is 12.8 Å². The molecule has 0 amide bonds. The molecule has 0 spiro atoms. The van der Waals surface area contributed by atoms with E-state index in [-0.39, 0.29) is 18.5 Å². The molecular formula is C29H54O4. The number of hydrogen-bond acceptors (Lipinski definition) is 3. The van der Waals surface area contributed by atoms with Crippen molar-refractivity contribution in [1.29, 1.82) is 0 Å². The summed E-state index contributed by atoms with van der Waals surface area (Å²) in [6.07, 6.45) is 29.1. The van der Waals surface area contributed by atoms with Crippen LogP contribution in [0.4, 0.5) is 0 Å². The van der Waals surface area contributed by atoms with E-state index in [1.54, 1.807) is 0 Å². The van der Waals surface area contributed by atoms with Gasteiger partial charge in [0.2, 0.25) is 0 Å². The zero-order chi connectivity index (χ0) is 24.4. The highest BCUT2D eigenvalue weighted by atomic mass is 16.5. The summed E-state index contributed by atoms with van der Waals surface area (Å²) in [7, 11) is 0. The lowest BCUT2D eigenvalue weighted by molar-refractivity contribution is -0.149. The maximum atomic E-state index is 11.9. The van der Waals surface area contributed by atoms with E-state index in [1.165, 1.54) is 96.3 Å². The molecule has 4 nitrogen and oxygen atoms in total. The third kappa shape index (κ3) is 25.1. The van der Waals surface area contributed by atoms with Crippen LogP contribution in [0.25, 0.3) is 0 Å². The highest BCUT2D eigenvalue weighted by molar-refractivity contribution is 5.69. The quantitative estimate of drug-likeness (QED) is 0.0827. The van der Waals surface area contributed by atoms with Gasteiger partial charge >= 0.3 is 11.9 Å². The third-order valence-corrected chi connectivity index (χ3v) is 6.31. The van der Waals surface area contributed by atoms with E-state index in [2.05, 4.69) is 19.1 Å². The van der Waals surface area contributed by atoms with Crippen molar-refractivity contribution in [3.8, 4) is 0 Å². The molecule has 0 aromatic carbocycles. The molecule has 1 atom stereocenters. The molecule has 0 aliphatic heterocycles. The Morgan fingerprint density at radius 3 is 1.64 bits per heavy atom. The Morgan fingerprint density at radius 1 is 0.667 bits per heavy atom. The first-order valence-electron chi connectivity index (χ1n) is 14.2. The number of rotatable bonds is 25. The number of carboxylic acid groups (broad SMARTS) is 1. The lowest BCUT2D eigenvalue weighted by Crippen LogP contribution is -2.17. The van der Waals surface area contributed by atoms with E-state index in [0.717, 1.165) is 19.3 Å². The lowest BCUT2D eigenvalue weighted by Gasteiger charge is -2.15. The van der Waals surface area contributed by atoms with E-state index in [4.69, 9.17) is 9.84 Å². The first kappa shape index (κ1) is 31.7. The first-order valence-corrected chi connectivity index (χ1v) is 14.2. The van der Waals surface area contributed by atoms with Crippen LogP contribution >= 0.6 is 0 Å². The summed E-state index contributed by atoms with van der Waals surface area (Å²) in [6.45, 7) is 4.25. The molecule has 33 heavy (non-hydrogen) atoms. The SMILES string of the molecule is CCCCCCCC/C=C\CCCCCCCCCCCC(=O)OC(CC)CCCC(=O)O. The summed E-state index contributed by atoms with van der Waals surface area (Å²) in [5.74, 6) is -0.916. The predicted molar refractivity (Wildman–Crippen MR) is 140 cm³/mol. The second-order valence-electron chi connectivity index (χ2n) is 9.55. The largest absolute Gasteiger partial charge is 0.481 e. The van der Waals surface area contributed by atoms with Gasteiger partial charge in [-0.2, -0.15) is 0 Å². The minimum absolute atomic E-state index is 0.127. The van der Waals surface area contributed by atoms with Gasteiger partial charge in [0.25, 0.3) is 0 Å². The summed E-state index contributed by atoms with van der Waals surface area (Å²) in [6, 6.07) is 0. The number of carbonyl (C=O) groups is 2. The Hall–Kier alpha value is -1.32. The van der Waals surface area contributed by atoms with Crippen LogP contribution in [-0.2, 0) is 14.3 Å². The fraction of sp³-hybridized carbons (Fsp3) is 0.862. The number of unbranched alkanes of at least 4 members (excludes halogenated alkanes) is 15. The van der Waals surface area contributed by atoms with Crippen LogP contribution in [0.1, 0.15) is 155 Å². The minimum Gasteiger partial charge on any atom is -0.481 e. The normalized spacial score (nSPS) is 12.3. The molecule has 4 heteroatoms. The molecule has 0 bridgehead atoms. The van der Waals surface area contributed by atoms with Crippen LogP contribution in [0.5, 0.6) is 0 Å². The van der Waals surface area contributed by atoms with Crippen molar-refractivity contribution < 1.29 is 19.4 Å². The summed E-state index contributed by atoms with van der Waals surface area (Å²) in [5, 5.41) is 8.70. The Bertz CT molecular complexity index is 472. The van der Waals surface area contributed by atoms with Crippen molar-refractivity contribution in [1.82, 2.24) is 0 Å². The second-order valence-corrected chi connectivity index (χ2v) is 9.55. The summed E-state index contributed by atoms with van der Waals surface area (Å²) in [5.41, 5.74) is 0. The van der Waals surface area contributed by atoms with Crippen LogP contribution in [0, 0.1) is 0 Å². The number of carboxylic acids is 1. The van der Waals surface area contributed by atoms with Crippen LogP contribution < -0.4 is 0 Å². The minimum atomic E-state index is -0.789. The molecule has 0 saturated heterocycles. The number of aliphatic carboxylic acids is 1. The number of allylic oxidation sites excluding steroid dienone is 2. The molecule has 0 aromatic rings. The average Bonchev–Trinajstić information content (AvgIpc) is 2.79. The molecule has 0 rings (SSSR count). The molecule has 1 unspecified atom stereocenters. The zero-order valence-corrected chi connectivity index (χ0v) is 22.0. The molecule has 194 valence electrons. The van der Waals surface area contributed by atoms with Gasteiger partial charge in [0.1, 0.15) is 6.10 Å². The van der Waals surface area contributed by atoms with Crippen molar-refractivity contribution in [2.75, 3.05) is 0 Å². The van der Waals surface area contributed by atoms with Crippen LogP contribution in [0.3, 0.4) is 0 Å². The van der Waals surface area contributed by atoms with Gasteiger partial charge < -0.3 is 9.84 Å². The molecule has 1 N–H and O–H groups in total. The van der Waals surface area contributed by atoms with Crippen molar-refractivity contribution >= 4 is 11.9 Å². The van der Waals surface area contributed by atoms with Crippen LogP contribution in [0.2, 0.25) is 0 Å². The zero-order valence-electron chi connectivity index (χ0n) is 22.0. The van der Waals surface area contributed by atoms with Crippen LogP contribution in [0.15, 0.2) is 12.2 Å². The molecule has 0 heterocycles. The third-order valence-electron chi connectivity index (χ3n) is 6.31. The van der Waals surface area contributed by atoms with E-state index in [0.29, 0.717) is 19.3 Å². The summed E-state index contributed by atoms with van der Waals surface area (Å²) in [4.78, 5) is 22.5. The van der Waals surface area contributed by atoms with Gasteiger partial charge in [0.05, 0.1) is 0 Å². The van der Waals surface area contributed by atoms with Crippen LogP contribution in [-0.4, -0.2) is 23.1 Å². The molecule has 0 fully saturated rings. The number of esters is 1. The molecule has 0 aliphatic rings. The first-order chi connectivity index (χ1) is 16.1. The van der Waals surface area contributed by atoms with Crippen molar-refractivity contribution in [2.24, 2.45) is 0 Å². The fourth-order valence-corrected chi connectivity index (χ4v) is 4.12. The Kier molecular flexibility index (Phi) is 24.3. The highest BCUT2D eigenvalue weighted by Crippen LogP contribution is 2.14. The molecule has 0 aliphatic carbocycles. The maximum absolute atomic E-state index is 11.9. The molecular weight excluding hydrogens is 412 g/mol. The smallest absolute Gasteiger partial charge is 0.306 e. The lowest BCUT2D eigenvalue weighted by atomic mass is 10.1. The van der Waals surface area contributed by atoms with E-state index in [9.17, 15) is 9.59 Å². The van der Waals surface area contributed by atoms with Gasteiger partial charge in [-0.25, -0.2) is 0 Å². The number of ether oxygens (including phenoxy) is 1. The summed E-state index contributed by atoms with van der Waals surface area (Å²) < 4.78 is 5.48. The van der Waals surface area contributed by atoms with Gasteiger partial charge in [-0.15, -0.1) is 0 Å². The monoisotopic (exact) mass is 466 g/mol. The Labute approximate surface area is 204 Å². The van der Waals surface area contributed by atoms with E-state index in [1.807, 2.05) is 6.92 Å². The van der Waals surface area contributed by atoms with Crippen molar-refractivity contribution in [2.45, 2.75) is 161 Å². The average molecular weight is 467 g/mol. The predicted octanol–water partition coefficient (Wildman–Crippen LogP) is 9.16. The maximum Gasteiger partial charge on any atom is 0.306 e. The highest BCUT2D eigenvalue weighted by Gasteiger charge is 2.12. The van der Waals surface area contributed by atoms with E-state index < -0.39 is 5.97 Å². The second kappa shape index (κ2) is 25.3. The van der Waals surface area contributed by atoms with Crippen molar-refractivity contribution in [3.05, 3.63) is 12.2 Å². The molecule has 0 aromatic heterocycles. The molecule has 0 saturated carbocycles. The fourth-order valence-electron chi connectivity index (χ4n) is 4.12. The molecule has 0 radical (unpaired) electrons. The topological polar surface area (TPSA) is 63.6 Å². The van der Waals surface area contributed by atoms with Gasteiger partial charge in [-0.3, -0.25) is 9.59 Å². The van der Waals surface area contributed by atoms with Gasteiger partial charge in [0.15, 0.2) is 0 Å². The standard InChI is InChI=1S/C29H54O4/c1-3-5-6-7-8-9-10-11-12-13-14-15-16-17-18-19-20-21-22-26-29(32)33-27(4-2)24-23-25-28(30)31/h11-12,27H,3-10,13-26H2,1-2H3,(H,30,31)/b12-11-. The van der Waals surface area contributed by atoms with Gasteiger partial charge in [-0.05, 0) is 51.4 Å².